The van der Waals surface area contributed by atoms with Crippen LogP contribution in [0.4, 0.5) is 0 Å². The van der Waals surface area contributed by atoms with Gasteiger partial charge in [-0.1, -0.05) is 25.5 Å². The summed E-state index contributed by atoms with van der Waals surface area (Å²) in [5, 5.41) is 9.49. The SMILES string of the molecule is C=C(CC)C[C@@H]1CCC[C@H]1O. The van der Waals surface area contributed by atoms with Crippen molar-refractivity contribution < 1.29 is 5.11 Å². The molecule has 0 aromatic carbocycles. The van der Waals surface area contributed by atoms with Gasteiger partial charge in [0.05, 0.1) is 6.10 Å². The minimum atomic E-state index is -0.0432. The molecule has 1 aliphatic rings. The van der Waals surface area contributed by atoms with E-state index in [1.54, 1.807) is 0 Å². The third kappa shape index (κ3) is 2.33. The molecule has 11 heavy (non-hydrogen) atoms. The Bertz CT molecular complexity index is 140. The second-order valence-corrected chi connectivity index (χ2v) is 3.57. The molecule has 0 amide bonds. The Hall–Kier alpha value is -0.300. The second-order valence-electron chi connectivity index (χ2n) is 3.57. The summed E-state index contributed by atoms with van der Waals surface area (Å²) in [5.74, 6) is 0.516. The van der Waals surface area contributed by atoms with Crippen molar-refractivity contribution in [1.82, 2.24) is 0 Å². The van der Waals surface area contributed by atoms with Crippen LogP contribution in [-0.4, -0.2) is 11.2 Å². The minimum Gasteiger partial charge on any atom is -0.393 e. The lowest BCUT2D eigenvalue weighted by Crippen LogP contribution is -2.13. The smallest absolute Gasteiger partial charge is 0.0571 e. The lowest BCUT2D eigenvalue weighted by molar-refractivity contribution is 0.132. The number of aliphatic hydroxyl groups excluding tert-OH is 1. The molecule has 1 aliphatic carbocycles. The van der Waals surface area contributed by atoms with Crippen molar-refractivity contribution in [2.45, 2.75) is 45.1 Å². The maximum absolute atomic E-state index is 9.49. The maximum atomic E-state index is 9.49. The summed E-state index contributed by atoms with van der Waals surface area (Å²) >= 11 is 0. The van der Waals surface area contributed by atoms with Crippen LogP contribution in [0.2, 0.25) is 0 Å². The van der Waals surface area contributed by atoms with Crippen LogP contribution < -0.4 is 0 Å². The van der Waals surface area contributed by atoms with Gasteiger partial charge >= 0.3 is 0 Å². The van der Waals surface area contributed by atoms with E-state index in [1.165, 1.54) is 18.4 Å². The molecule has 1 rings (SSSR count). The van der Waals surface area contributed by atoms with Crippen molar-refractivity contribution in [2.24, 2.45) is 5.92 Å². The number of rotatable bonds is 3. The van der Waals surface area contributed by atoms with Crippen molar-refractivity contribution in [3.8, 4) is 0 Å². The van der Waals surface area contributed by atoms with Gasteiger partial charge in [0.1, 0.15) is 0 Å². The molecule has 0 radical (unpaired) electrons. The van der Waals surface area contributed by atoms with Gasteiger partial charge in [-0.15, -0.1) is 0 Å². The van der Waals surface area contributed by atoms with E-state index in [1.807, 2.05) is 0 Å². The van der Waals surface area contributed by atoms with E-state index in [-0.39, 0.29) is 6.10 Å². The van der Waals surface area contributed by atoms with Crippen LogP contribution in [0, 0.1) is 5.92 Å². The van der Waals surface area contributed by atoms with E-state index in [4.69, 9.17) is 0 Å². The molecule has 0 saturated heterocycles. The number of hydrogen-bond donors (Lipinski definition) is 1. The molecule has 1 heteroatoms. The van der Waals surface area contributed by atoms with Gasteiger partial charge in [-0.3, -0.25) is 0 Å². The normalized spacial score (nSPS) is 30.7. The highest BCUT2D eigenvalue weighted by Gasteiger charge is 2.24. The van der Waals surface area contributed by atoms with E-state index in [2.05, 4.69) is 13.5 Å². The van der Waals surface area contributed by atoms with Crippen LogP contribution >= 0.6 is 0 Å². The first-order chi connectivity index (χ1) is 5.24. The van der Waals surface area contributed by atoms with Crippen LogP contribution in [-0.2, 0) is 0 Å². The molecule has 0 spiro atoms. The lowest BCUT2D eigenvalue weighted by Gasteiger charge is -2.14. The molecule has 0 aliphatic heterocycles. The molecule has 1 nitrogen and oxygen atoms in total. The fraction of sp³-hybridized carbons (Fsp3) is 0.800. The quantitative estimate of drug-likeness (QED) is 0.619. The monoisotopic (exact) mass is 154 g/mol. The van der Waals surface area contributed by atoms with Gasteiger partial charge in [0.15, 0.2) is 0 Å². The van der Waals surface area contributed by atoms with Gasteiger partial charge < -0.3 is 5.11 Å². The highest BCUT2D eigenvalue weighted by molar-refractivity contribution is 4.97. The summed E-state index contributed by atoms with van der Waals surface area (Å²) in [4.78, 5) is 0. The Morgan fingerprint density at radius 3 is 2.73 bits per heavy atom. The van der Waals surface area contributed by atoms with Crippen molar-refractivity contribution in [3.05, 3.63) is 12.2 Å². The number of aliphatic hydroxyl groups is 1. The van der Waals surface area contributed by atoms with Crippen molar-refractivity contribution in [2.75, 3.05) is 0 Å². The molecule has 1 fully saturated rings. The summed E-state index contributed by atoms with van der Waals surface area (Å²) in [6.07, 6.45) is 5.45. The molecule has 2 atom stereocenters. The molecule has 0 heterocycles. The molecular formula is C10H18O. The lowest BCUT2D eigenvalue weighted by atomic mass is 9.96. The van der Waals surface area contributed by atoms with Crippen molar-refractivity contribution in [3.63, 3.8) is 0 Å². The maximum Gasteiger partial charge on any atom is 0.0571 e. The van der Waals surface area contributed by atoms with Crippen LogP contribution in [0.15, 0.2) is 12.2 Å². The Labute approximate surface area is 69.1 Å². The van der Waals surface area contributed by atoms with Crippen LogP contribution in [0.5, 0.6) is 0 Å². The third-order valence-electron chi connectivity index (χ3n) is 2.67. The molecule has 0 aromatic rings. The summed E-state index contributed by atoms with van der Waals surface area (Å²) in [7, 11) is 0. The second kappa shape index (κ2) is 3.91. The Morgan fingerprint density at radius 2 is 2.27 bits per heavy atom. The van der Waals surface area contributed by atoms with Gasteiger partial charge in [0.25, 0.3) is 0 Å². The summed E-state index contributed by atoms with van der Waals surface area (Å²) < 4.78 is 0. The van der Waals surface area contributed by atoms with Crippen LogP contribution in [0.3, 0.4) is 0 Å². The first-order valence-corrected chi connectivity index (χ1v) is 4.58. The molecule has 1 saturated carbocycles. The summed E-state index contributed by atoms with van der Waals surface area (Å²) in [5.41, 5.74) is 1.29. The zero-order chi connectivity index (χ0) is 8.27. The largest absolute Gasteiger partial charge is 0.393 e. The van der Waals surface area contributed by atoms with E-state index >= 15 is 0 Å². The van der Waals surface area contributed by atoms with E-state index in [0.717, 1.165) is 19.3 Å². The first kappa shape index (κ1) is 8.79. The summed E-state index contributed by atoms with van der Waals surface area (Å²) in [6.45, 7) is 6.09. The third-order valence-corrected chi connectivity index (χ3v) is 2.67. The van der Waals surface area contributed by atoms with Gasteiger partial charge in [-0.25, -0.2) is 0 Å². The van der Waals surface area contributed by atoms with Gasteiger partial charge in [0, 0.05) is 0 Å². The van der Waals surface area contributed by atoms with Gasteiger partial charge in [-0.2, -0.15) is 0 Å². The Morgan fingerprint density at radius 1 is 1.55 bits per heavy atom. The fourth-order valence-corrected chi connectivity index (χ4v) is 1.77. The molecule has 1 N–H and O–H groups in total. The van der Waals surface area contributed by atoms with E-state index in [0.29, 0.717) is 5.92 Å². The highest BCUT2D eigenvalue weighted by atomic mass is 16.3. The van der Waals surface area contributed by atoms with Crippen molar-refractivity contribution in [1.29, 1.82) is 0 Å². The fourth-order valence-electron chi connectivity index (χ4n) is 1.77. The molecule has 64 valence electrons. The van der Waals surface area contributed by atoms with Crippen LogP contribution in [0.25, 0.3) is 0 Å². The number of hydrogen-bond acceptors (Lipinski definition) is 1. The van der Waals surface area contributed by atoms with Crippen molar-refractivity contribution >= 4 is 0 Å². The molecular weight excluding hydrogens is 136 g/mol. The molecule has 0 bridgehead atoms. The topological polar surface area (TPSA) is 20.2 Å². The minimum absolute atomic E-state index is 0.0432. The van der Waals surface area contributed by atoms with Crippen LogP contribution in [0.1, 0.15) is 39.0 Å². The van der Waals surface area contributed by atoms with Gasteiger partial charge in [-0.05, 0) is 31.6 Å². The Balaban J connectivity index is 2.30. The zero-order valence-electron chi connectivity index (χ0n) is 7.34. The summed E-state index contributed by atoms with van der Waals surface area (Å²) in [6, 6.07) is 0. The van der Waals surface area contributed by atoms with Gasteiger partial charge in [0.2, 0.25) is 0 Å². The van der Waals surface area contributed by atoms with E-state index < -0.39 is 0 Å². The predicted octanol–water partition coefficient (Wildman–Crippen LogP) is 2.50. The molecule has 0 unspecified atom stereocenters. The van der Waals surface area contributed by atoms with E-state index in [9.17, 15) is 5.11 Å². The number of allylic oxidation sites excluding steroid dienone is 1. The molecule has 0 aromatic heterocycles. The first-order valence-electron chi connectivity index (χ1n) is 4.58. The average molecular weight is 154 g/mol. The standard InChI is InChI=1S/C10H18O/c1-3-8(2)7-9-5-4-6-10(9)11/h9-11H,2-7H2,1H3/t9-,10+/m0/s1. The average Bonchev–Trinajstić information content (AvgIpc) is 2.37. The highest BCUT2D eigenvalue weighted by Crippen LogP contribution is 2.30. The Kier molecular flexibility index (Phi) is 3.13. The zero-order valence-corrected chi connectivity index (χ0v) is 7.34. The predicted molar refractivity (Wildman–Crippen MR) is 47.4 cm³/mol.